The SMILES string of the molecule is CC(C)(C)CC(N)CNC(=O)Nc1cccc(F)c1. The van der Waals surface area contributed by atoms with Crippen molar-refractivity contribution in [3.63, 3.8) is 0 Å². The zero-order chi connectivity index (χ0) is 14.5. The number of urea groups is 1. The monoisotopic (exact) mass is 267 g/mol. The molecule has 0 aliphatic heterocycles. The minimum Gasteiger partial charge on any atom is -0.336 e. The lowest BCUT2D eigenvalue weighted by molar-refractivity contribution is 0.249. The Morgan fingerprint density at radius 1 is 1.42 bits per heavy atom. The van der Waals surface area contributed by atoms with Gasteiger partial charge in [-0.25, -0.2) is 9.18 Å². The fraction of sp³-hybridized carbons (Fsp3) is 0.500. The number of nitrogens with one attached hydrogen (secondary N) is 2. The van der Waals surface area contributed by atoms with Gasteiger partial charge in [0.1, 0.15) is 5.82 Å². The Labute approximate surface area is 113 Å². The molecule has 0 aromatic heterocycles. The number of rotatable bonds is 4. The van der Waals surface area contributed by atoms with E-state index in [0.717, 1.165) is 6.42 Å². The van der Waals surface area contributed by atoms with Gasteiger partial charge in [-0.05, 0) is 30.0 Å². The van der Waals surface area contributed by atoms with Gasteiger partial charge < -0.3 is 16.4 Å². The number of hydrogen-bond acceptors (Lipinski definition) is 2. The number of anilines is 1. The van der Waals surface area contributed by atoms with E-state index in [4.69, 9.17) is 5.73 Å². The first-order chi connectivity index (χ1) is 8.76. The van der Waals surface area contributed by atoms with Crippen LogP contribution < -0.4 is 16.4 Å². The molecular weight excluding hydrogens is 245 g/mol. The number of benzene rings is 1. The number of carbonyl (C=O) groups excluding carboxylic acids is 1. The Hall–Kier alpha value is -1.62. The molecule has 0 saturated heterocycles. The van der Waals surface area contributed by atoms with Gasteiger partial charge >= 0.3 is 6.03 Å². The molecule has 0 heterocycles. The highest BCUT2D eigenvalue weighted by Crippen LogP contribution is 2.19. The maximum Gasteiger partial charge on any atom is 0.319 e. The molecule has 0 spiro atoms. The minimum atomic E-state index is -0.387. The van der Waals surface area contributed by atoms with E-state index in [-0.39, 0.29) is 23.3 Å². The van der Waals surface area contributed by atoms with Crippen molar-refractivity contribution >= 4 is 11.7 Å². The fourth-order valence-corrected chi connectivity index (χ4v) is 1.82. The van der Waals surface area contributed by atoms with Crippen molar-refractivity contribution in [2.24, 2.45) is 11.1 Å². The van der Waals surface area contributed by atoms with Crippen LogP contribution in [0, 0.1) is 11.2 Å². The van der Waals surface area contributed by atoms with Crippen LogP contribution in [0.4, 0.5) is 14.9 Å². The van der Waals surface area contributed by atoms with E-state index in [1.807, 2.05) is 0 Å². The summed E-state index contributed by atoms with van der Waals surface area (Å²) in [7, 11) is 0. The third kappa shape index (κ3) is 6.76. The smallest absolute Gasteiger partial charge is 0.319 e. The largest absolute Gasteiger partial charge is 0.336 e. The molecule has 1 aromatic carbocycles. The van der Waals surface area contributed by atoms with Crippen molar-refractivity contribution in [3.8, 4) is 0 Å². The van der Waals surface area contributed by atoms with E-state index in [1.165, 1.54) is 18.2 Å². The fourth-order valence-electron chi connectivity index (χ4n) is 1.82. The molecule has 1 rings (SSSR count). The Bertz CT molecular complexity index is 429. The van der Waals surface area contributed by atoms with Crippen LogP contribution in [0.15, 0.2) is 24.3 Å². The molecule has 0 radical (unpaired) electrons. The van der Waals surface area contributed by atoms with E-state index in [0.29, 0.717) is 12.2 Å². The van der Waals surface area contributed by atoms with Gasteiger partial charge in [-0.15, -0.1) is 0 Å². The molecule has 2 amide bonds. The highest BCUT2D eigenvalue weighted by atomic mass is 19.1. The Balaban J connectivity index is 2.36. The summed E-state index contributed by atoms with van der Waals surface area (Å²) >= 11 is 0. The number of hydrogen-bond donors (Lipinski definition) is 3. The number of nitrogens with two attached hydrogens (primary N) is 1. The van der Waals surface area contributed by atoms with Crippen LogP contribution in [0.3, 0.4) is 0 Å². The van der Waals surface area contributed by atoms with E-state index in [1.54, 1.807) is 6.07 Å². The predicted molar refractivity (Wildman–Crippen MR) is 75.5 cm³/mol. The molecule has 1 aromatic rings. The van der Waals surface area contributed by atoms with Crippen LogP contribution in [0.1, 0.15) is 27.2 Å². The van der Waals surface area contributed by atoms with Crippen molar-refractivity contribution in [2.45, 2.75) is 33.2 Å². The molecule has 4 N–H and O–H groups in total. The van der Waals surface area contributed by atoms with Gasteiger partial charge in [0.05, 0.1) is 0 Å². The molecule has 0 aliphatic rings. The second-order valence-corrected chi connectivity index (χ2v) is 5.87. The highest BCUT2D eigenvalue weighted by molar-refractivity contribution is 5.89. The normalized spacial score (nSPS) is 12.9. The first-order valence-corrected chi connectivity index (χ1v) is 6.32. The summed E-state index contributed by atoms with van der Waals surface area (Å²) in [5.41, 5.74) is 6.47. The van der Waals surface area contributed by atoms with Crippen LogP contribution in [0.2, 0.25) is 0 Å². The van der Waals surface area contributed by atoms with Crippen molar-refractivity contribution in [2.75, 3.05) is 11.9 Å². The molecule has 5 heteroatoms. The first kappa shape index (κ1) is 15.4. The van der Waals surface area contributed by atoms with Gasteiger partial charge in [0.25, 0.3) is 0 Å². The quantitative estimate of drug-likeness (QED) is 0.785. The lowest BCUT2D eigenvalue weighted by Crippen LogP contribution is -2.41. The maximum absolute atomic E-state index is 12.9. The van der Waals surface area contributed by atoms with Gasteiger partial charge in [0, 0.05) is 18.3 Å². The summed E-state index contributed by atoms with van der Waals surface area (Å²) in [6, 6.07) is 5.26. The van der Waals surface area contributed by atoms with E-state index in [2.05, 4.69) is 31.4 Å². The number of halogens is 1. The number of carbonyl (C=O) groups is 1. The van der Waals surface area contributed by atoms with Crippen LogP contribution in [-0.4, -0.2) is 18.6 Å². The predicted octanol–water partition coefficient (Wildman–Crippen LogP) is 2.71. The molecule has 1 atom stereocenters. The molecule has 0 saturated carbocycles. The van der Waals surface area contributed by atoms with E-state index in [9.17, 15) is 9.18 Å². The molecule has 1 unspecified atom stereocenters. The lowest BCUT2D eigenvalue weighted by atomic mass is 9.88. The van der Waals surface area contributed by atoms with Crippen molar-refractivity contribution < 1.29 is 9.18 Å². The van der Waals surface area contributed by atoms with Crippen LogP contribution >= 0.6 is 0 Å². The van der Waals surface area contributed by atoms with Crippen molar-refractivity contribution in [1.29, 1.82) is 0 Å². The molecule has 0 fully saturated rings. The van der Waals surface area contributed by atoms with Gasteiger partial charge in [0.15, 0.2) is 0 Å². The first-order valence-electron chi connectivity index (χ1n) is 6.32. The summed E-state index contributed by atoms with van der Waals surface area (Å²) < 4.78 is 12.9. The van der Waals surface area contributed by atoms with Gasteiger partial charge in [-0.1, -0.05) is 26.8 Å². The summed E-state index contributed by atoms with van der Waals surface area (Å²) in [6.45, 7) is 6.68. The Kier molecular flexibility index (Phi) is 5.30. The molecule has 0 bridgehead atoms. The van der Waals surface area contributed by atoms with Crippen LogP contribution in [-0.2, 0) is 0 Å². The van der Waals surface area contributed by atoms with Crippen LogP contribution in [0.5, 0.6) is 0 Å². The van der Waals surface area contributed by atoms with Crippen LogP contribution in [0.25, 0.3) is 0 Å². The minimum absolute atomic E-state index is 0.0988. The molecule has 106 valence electrons. The zero-order valence-electron chi connectivity index (χ0n) is 11.7. The van der Waals surface area contributed by atoms with Gasteiger partial charge in [0.2, 0.25) is 0 Å². The lowest BCUT2D eigenvalue weighted by Gasteiger charge is -2.23. The standard InChI is InChI=1S/C14H22FN3O/c1-14(2,3)8-11(16)9-17-13(19)18-12-6-4-5-10(15)7-12/h4-7,11H,8-9,16H2,1-3H3,(H2,17,18,19). The van der Waals surface area contributed by atoms with Gasteiger partial charge in [-0.2, -0.15) is 0 Å². The number of amides is 2. The van der Waals surface area contributed by atoms with E-state index < -0.39 is 0 Å². The highest BCUT2D eigenvalue weighted by Gasteiger charge is 2.16. The second kappa shape index (κ2) is 6.52. The average molecular weight is 267 g/mol. The summed E-state index contributed by atoms with van der Waals surface area (Å²) in [5, 5.41) is 5.23. The topological polar surface area (TPSA) is 67.1 Å². The van der Waals surface area contributed by atoms with Crippen molar-refractivity contribution in [3.05, 3.63) is 30.1 Å². The summed E-state index contributed by atoms with van der Waals surface area (Å²) in [4.78, 5) is 11.6. The van der Waals surface area contributed by atoms with Crippen molar-refractivity contribution in [1.82, 2.24) is 5.32 Å². The zero-order valence-corrected chi connectivity index (χ0v) is 11.7. The molecule has 0 aliphatic carbocycles. The maximum atomic E-state index is 12.9. The third-order valence-electron chi connectivity index (χ3n) is 2.48. The molecule has 4 nitrogen and oxygen atoms in total. The van der Waals surface area contributed by atoms with E-state index >= 15 is 0 Å². The summed E-state index contributed by atoms with van der Waals surface area (Å²) in [5.74, 6) is -0.387. The Morgan fingerprint density at radius 2 is 2.11 bits per heavy atom. The second-order valence-electron chi connectivity index (χ2n) is 5.87. The average Bonchev–Trinajstić information content (AvgIpc) is 2.24. The Morgan fingerprint density at radius 3 is 2.68 bits per heavy atom. The van der Waals surface area contributed by atoms with Gasteiger partial charge in [-0.3, -0.25) is 0 Å². The molecular formula is C14H22FN3O. The third-order valence-corrected chi connectivity index (χ3v) is 2.48. The molecule has 19 heavy (non-hydrogen) atoms. The summed E-state index contributed by atoms with van der Waals surface area (Å²) in [6.07, 6.45) is 0.813.